The Morgan fingerprint density at radius 1 is 1.07 bits per heavy atom. The lowest BCUT2D eigenvalue weighted by molar-refractivity contribution is -0.143. The number of hydrogen-bond acceptors (Lipinski definition) is 5. The van der Waals surface area contributed by atoms with Crippen LogP contribution in [-0.4, -0.2) is 44.9 Å². The van der Waals surface area contributed by atoms with Gasteiger partial charge < -0.3 is 20.7 Å². The molecule has 0 aliphatic rings. The second-order valence-corrected chi connectivity index (χ2v) is 8.51. The number of nitrogens with one attached hydrogen (secondary N) is 3. The lowest BCUT2D eigenvalue weighted by atomic mass is 10.00. The van der Waals surface area contributed by atoms with Gasteiger partial charge in [-0.25, -0.2) is 9.78 Å². The van der Waals surface area contributed by atoms with E-state index in [4.69, 9.17) is 0 Å². The molecule has 1 rings (SSSR count). The Kier molecular flexibility index (Phi) is 9.20. The Morgan fingerprint density at radius 2 is 1.67 bits per heavy atom. The first-order valence-electron chi connectivity index (χ1n) is 10.4. The van der Waals surface area contributed by atoms with Crippen molar-refractivity contribution < 1.29 is 19.5 Å². The minimum absolute atomic E-state index is 0.0704. The largest absolute Gasteiger partial charge is 0.480 e. The quantitative estimate of drug-likeness (QED) is 0.453. The van der Waals surface area contributed by atoms with Crippen LogP contribution in [0, 0.1) is 11.8 Å². The minimum atomic E-state index is -1.13. The fourth-order valence-corrected chi connectivity index (χ4v) is 3.03. The van der Waals surface area contributed by atoms with E-state index in [0.29, 0.717) is 18.5 Å². The number of carbonyl (C=O) groups is 3. The molecule has 0 spiro atoms. The molecule has 0 fully saturated rings. The topological polar surface area (TPSA) is 141 Å². The second kappa shape index (κ2) is 10.9. The molecule has 1 heterocycles. The van der Waals surface area contributed by atoms with Crippen LogP contribution in [0.15, 0.2) is 4.79 Å². The Morgan fingerprint density at radius 3 is 2.10 bits per heavy atom. The summed E-state index contributed by atoms with van der Waals surface area (Å²) in [6, 6.07) is -1.99. The number of H-pyrrole nitrogens is 1. The maximum absolute atomic E-state index is 13.0. The molecule has 0 aliphatic carbocycles. The molecule has 30 heavy (non-hydrogen) atoms. The van der Waals surface area contributed by atoms with E-state index in [1.54, 1.807) is 34.6 Å². The van der Waals surface area contributed by atoms with Gasteiger partial charge in [-0.15, -0.1) is 0 Å². The number of carboxylic acids is 1. The van der Waals surface area contributed by atoms with Gasteiger partial charge in [0.05, 0.1) is 0 Å². The average Bonchev–Trinajstić information content (AvgIpc) is 2.63. The number of aromatic nitrogens is 2. The van der Waals surface area contributed by atoms with Crippen molar-refractivity contribution in [3.63, 3.8) is 0 Å². The summed E-state index contributed by atoms with van der Waals surface area (Å²) in [7, 11) is 0. The summed E-state index contributed by atoms with van der Waals surface area (Å²) < 4.78 is 0. The van der Waals surface area contributed by atoms with Gasteiger partial charge in [-0.2, -0.15) is 0 Å². The van der Waals surface area contributed by atoms with E-state index in [1.807, 2.05) is 13.8 Å². The molecular weight excluding hydrogens is 388 g/mol. The number of carbonyl (C=O) groups excluding carboxylic acids is 2. The van der Waals surface area contributed by atoms with Crippen LogP contribution in [0.25, 0.3) is 0 Å². The lowest BCUT2D eigenvalue weighted by Gasteiger charge is -2.24. The van der Waals surface area contributed by atoms with Crippen molar-refractivity contribution in [3.8, 4) is 0 Å². The molecule has 0 aromatic carbocycles. The Labute approximate surface area is 177 Å². The van der Waals surface area contributed by atoms with Crippen molar-refractivity contribution in [2.75, 3.05) is 0 Å². The molecule has 0 saturated carbocycles. The van der Waals surface area contributed by atoms with Crippen molar-refractivity contribution in [1.82, 2.24) is 20.6 Å². The molecule has 0 aliphatic heterocycles. The summed E-state index contributed by atoms with van der Waals surface area (Å²) in [6.45, 7) is 12.6. The first-order chi connectivity index (χ1) is 13.9. The van der Waals surface area contributed by atoms with E-state index in [2.05, 4.69) is 20.6 Å². The minimum Gasteiger partial charge on any atom is -0.480 e. The molecular formula is C21H34N4O5. The van der Waals surface area contributed by atoms with Crippen molar-refractivity contribution in [2.24, 2.45) is 11.8 Å². The summed E-state index contributed by atoms with van der Waals surface area (Å²) in [5.74, 6) is -2.70. The van der Waals surface area contributed by atoms with E-state index in [9.17, 15) is 24.3 Å². The summed E-state index contributed by atoms with van der Waals surface area (Å²) in [5, 5.41) is 14.5. The van der Waals surface area contributed by atoms with Crippen LogP contribution in [0.5, 0.6) is 0 Å². The highest BCUT2D eigenvalue weighted by molar-refractivity contribution is 5.97. The average molecular weight is 423 g/mol. The predicted octanol–water partition coefficient (Wildman–Crippen LogP) is 1.83. The third-order valence-corrected chi connectivity index (χ3v) is 4.69. The third-order valence-electron chi connectivity index (χ3n) is 4.69. The summed E-state index contributed by atoms with van der Waals surface area (Å²) in [6.07, 6.45) is 0.711. The van der Waals surface area contributed by atoms with Crippen LogP contribution in [0.3, 0.4) is 0 Å². The van der Waals surface area contributed by atoms with Crippen LogP contribution >= 0.6 is 0 Å². The zero-order chi connectivity index (χ0) is 23.2. The van der Waals surface area contributed by atoms with Crippen molar-refractivity contribution in [1.29, 1.82) is 0 Å². The Balaban J connectivity index is 3.21. The molecule has 1 aromatic heterocycles. The number of aliphatic carboxylic acids is 1. The van der Waals surface area contributed by atoms with Crippen LogP contribution in [0.2, 0.25) is 0 Å². The summed E-state index contributed by atoms with van der Waals surface area (Å²) in [5.41, 5.74) is 0.362. The van der Waals surface area contributed by atoms with Gasteiger partial charge in [-0.1, -0.05) is 48.5 Å². The van der Waals surface area contributed by atoms with Gasteiger partial charge in [-0.05, 0) is 24.7 Å². The number of nitrogens with zero attached hydrogens (tertiary/aromatic N) is 1. The highest BCUT2D eigenvalue weighted by Gasteiger charge is 2.30. The smallest absolute Gasteiger partial charge is 0.326 e. The molecule has 9 heteroatoms. The highest BCUT2D eigenvalue weighted by Crippen LogP contribution is 2.12. The van der Waals surface area contributed by atoms with Gasteiger partial charge in [0.1, 0.15) is 23.5 Å². The van der Waals surface area contributed by atoms with E-state index in [-0.39, 0.29) is 34.7 Å². The molecule has 0 unspecified atom stereocenters. The van der Waals surface area contributed by atoms with Crippen molar-refractivity contribution in [2.45, 2.75) is 79.3 Å². The van der Waals surface area contributed by atoms with Gasteiger partial charge in [0.2, 0.25) is 5.91 Å². The van der Waals surface area contributed by atoms with Gasteiger partial charge in [0, 0.05) is 11.6 Å². The number of aromatic amines is 1. The van der Waals surface area contributed by atoms with Crippen LogP contribution in [0.1, 0.15) is 82.7 Å². The maximum atomic E-state index is 13.0. The molecule has 0 saturated heterocycles. The molecule has 0 bridgehead atoms. The third kappa shape index (κ3) is 6.67. The van der Waals surface area contributed by atoms with E-state index in [0.717, 1.165) is 0 Å². The van der Waals surface area contributed by atoms with E-state index < -0.39 is 29.9 Å². The highest BCUT2D eigenvalue weighted by atomic mass is 16.4. The number of carboxylic acid groups (broad SMARTS) is 1. The first-order valence-corrected chi connectivity index (χ1v) is 10.4. The fraction of sp³-hybridized carbons (Fsp3) is 0.667. The zero-order valence-corrected chi connectivity index (χ0v) is 18.8. The maximum Gasteiger partial charge on any atom is 0.326 e. The Hall–Kier alpha value is -2.71. The lowest BCUT2D eigenvalue weighted by Crippen LogP contribution is -2.53. The number of rotatable bonds is 10. The molecule has 0 radical (unpaired) electrons. The predicted molar refractivity (Wildman–Crippen MR) is 113 cm³/mol. The number of aryl methyl sites for hydroxylation is 1. The zero-order valence-electron chi connectivity index (χ0n) is 18.8. The number of hydrogen-bond donors (Lipinski definition) is 4. The Bertz CT molecular complexity index is 829. The molecule has 168 valence electrons. The number of amides is 2. The van der Waals surface area contributed by atoms with E-state index in [1.165, 1.54) is 0 Å². The first kappa shape index (κ1) is 25.3. The molecule has 9 nitrogen and oxygen atoms in total. The molecule has 2 amide bonds. The van der Waals surface area contributed by atoms with Gasteiger partial charge in [0.25, 0.3) is 11.5 Å². The van der Waals surface area contributed by atoms with Gasteiger partial charge in [0.15, 0.2) is 0 Å². The second-order valence-electron chi connectivity index (χ2n) is 8.51. The van der Waals surface area contributed by atoms with Gasteiger partial charge in [-0.3, -0.25) is 14.4 Å². The van der Waals surface area contributed by atoms with Crippen LogP contribution in [-0.2, 0) is 16.0 Å². The summed E-state index contributed by atoms with van der Waals surface area (Å²) in [4.78, 5) is 56.3. The van der Waals surface area contributed by atoms with Crippen molar-refractivity contribution in [3.05, 3.63) is 27.4 Å². The molecule has 2 atom stereocenters. The summed E-state index contributed by atoms with van der Waals surface area (Å²) >= 11 is 0. The fourth-order valence-electron chi connectivity index (χ4n) is 3.03. The SMILES string of the molecule is CCc1[nH]c(=O)c(C(C)C)nc1C(=O)N[C@H](CC(C)C)C(=O)N[C@H](C(=O)O)C(C)C. The van der Waals surface area contributed by atoms with Gasteiger partial charge >= 0.3 is 5.97 Å². The van der Waals surface area contributed by atoms with Crippen LogP contribution < -0.4 is 16.2 Å². The normalized spacial score (nSPS) is 13.4. The van der Waals surface area contributed by atoms with Crippen molar-refractivity contribution >= 4 is 17.8 Å². The standard InChI is InChI=1S/C21H34N4O5/c1-8-13-17(24-15(11(4)5)19(27)22-13)20(28)23-14(9-10(2)3)18(26)25-16(12(6)7)21(29)30/h10-12,14,16H,8-9H2,1-7H3,(H,22,27)(H,23,28)(H,25,26)(H,29,30)/t14-,16+/m1/s1. The van der Waals surface area contributed by atoms with Crippen LogP contribution in [0.4, 0.5) is 0 Å². The molecule has 4 N–H and O–H groups in total. The molecule has 1 aromatic rings. The monoisotopic (exact) mass is 422 g/mol. The van der Waals surface area contributed by atoms with E-state index >= 15 is 0 Å².